The quantitative estimate of drug-likeness (QED) is 0.859. The lowest BCUT2D eigenvalue weighted by molar-refractivity contribution is 0.240. The van der Waals surface area contributed by atoms with Gasteiger partial charge in [-0.05, 0) is 49.1 Å². The van der Waals surface area contributed by atoms with Crippen LogP contribution in [0, 0.1) is 13.8 Å². The number of rotatable bonds is 6. The predicted octanol–water partition coefficient (Wildman–Crippen LogP) is 3.35. The molecule has 2 rings (SSSR count). The smallest absolute Gasteiger partial charge is 0.315 e. The molecule has 0 aliphatic rings. The van der Waals surface area contributed by atoms with Crippen molar-refractivity contribution in [1.29, 1.82) is 0 Å². The predicted molar refractivity (Wildman–Crippen MR) is 92.9 cm³/mol. The van der Waals surface area contributed by atoms with Crippen LogP contribution in [-0.4, -0.2) is 19.7 Å². The summed E-state index contributed by atoms with van der Waals surface area (Å²) in [7, 11) is 1.64. The van der Waals surface area contributed by atoms with Crippen molar-refractivity contribution in [2.75, 3.05) is 13.7 Å². The number of urea groups is 1. The summed E-state index contributed by atoms with van der Waals surface area (Å²) in [5, 5.41) is 5.75. The summed E-state index contributed by atoms with van der Waals surface area (Å²) in [6, 6.07) is 13.9. The van der Waals surface area contributed by atoms with Crippen LogP contribution in [0.4, 0.5) is 4.79 Å². The Morgan fingerprint density at radius 3 is 2.43 bits per heavy atom. The Morgan fingerprint density at radius 2 is 1.78 bits per heavy atom. The highest BCUT2D eigenvalue weighted by molar-refractivity contribution is 5.73. The molecule has 0 aromatic heterocycles. The van der Waals surface area contributed by atoms with Crippen molar-refractivity contribution in [3.63, 3.8) is 0 Å². The molecule has 0 bridgehead atoms. The third-order valence-corrected chi connectivity index (χ3v) is 3.79. The van der Waals surface area contributed by atoms with E-state index >= 15 is 0 Å². The maximum atomic E-state index is 11.8. The number of aryl methyl sites for hydroxylation is 2. The minimum atomic E-state index is -0.148. The molecule has 0 saturated carbocycles. The van der Waals surface area contributed by atoms with E-state index in [0.717, 1.165) is 17.7 Å². The van der Waals surface area contributed by atoms with E-state index in [-0.39, 0.29) is 6.03 Å². The summed E-state index contributed by atoms with van der Waals surface area (Å²) in [5.41, 5.74) is 4.84. The average Bonchev–Trinajstić information content (AvgIpc) is 2.55. The second-order valence-electron chi connectivity index (χ2n) is 5.64. The highest BCUT2D eigenvalue weighted by Gasteiger charge is 2.02. The molecule has 2 amide bonds. The monoisotopic (exact) mass is 312 g/mol. The molecule has 4 nitrogen and oxygen atoms in total. The van der Waals surface area contributed by atoms with Crippen LogP contribution in [0.2, 0.25) is 0 Å². The number of benzene rings is 2. The molecular formula is C19H24N2O2. The Kier molecular flexibility index (Phi) is 6.03. The van der Waals surface area contributed by atoms with E-state index in [2.05, 4.69) is 42.7 Å². The standard InChI is InChI=1S/C19H24N2O2/c1-14-4-7-17(15(2)12-14)10-11-20-19(22)21-13-16-5-8-18(23-3)9-6-16/h4-9,12H,10-11,13H2,1-3H3,(H2,20,21,22). The maximum absolute atomic E-state index is 11.8. The third-order valence-electron chi connectivity index (χ3n) is 3.79. The van der Waals surface area contributed by atoms with Gasteiger partial charge < -0.3 is 15.4 Å². The normalized spacial score (nSPS) is 10.2. The van der Waals surface area contributed by atoms with Crippen molar-refractivity contribution in [1.82, 2.24) is 10.6 Å². The summed E-state index contributed by atoms with van der Waals surface area (Å²) in [4.78, 5) is 11.8. The zero-order valence-electron chi connectivity index (χ0n) is 14.0. The molecule has 0 fully saturated rings. The zero-order valence-corrected chi connectivity index (χ0v) is 14.0. The number of carbonyl (C=O) groups is 1. The van der Waals surface area contributed by atoms with Crippen LogP contribution in [0.5, 0.6) is 5.75 Å². The van der Waals surface area contributed by atoms with Crippen molar-refractivity contribution in [3.8, 4) is 5.75 Å². The summed E-state index contributed by atoms with van der Waals surface area (Å²) in [6.45, 7) is 5.31. The van der Waals surface area contributed by atoms with Gasteiger partial charge in [0.1, 0.15) is 5.75 Å². The Bertz CT molecular complexity index is 651. The Hall–Kier alpha value is -2.49. The summed E-state index contributed by atoms with van der Waals surface area (Å²) in [6.07, 6.45) is 0.835. The molecule has 0 aliphatic carbocycles. The molecule has 2 aromatic carbocycles. The van der Waals surface area contributed by atoms with Gasteiger partial charge >= 0.3 is 6.03 Å². The van der Waals surface area contributed by atoms with Gasteiger partial charge in [-0.3, -0.25) is 0 Å². The number of carbonyl (C=O) groups excluding carboxylic acids is 1. The third kappa shape index (κ3) is 5.33. The molecule has 0 spiro atoms. The lowest BCUT2D eigenvalue weighted by Gasteiger charge is -2.10. The minimum Gasteiger partial charge on any atom is -0.497 e. The number of ether oxygens (including phenoxy) is 1. The molecule has 0 radical (unpaired) electrons. The van der Waals surface area contributed by atoms with Crippen molar-refractivity contribution in [3.05, 3.63) is 64.7 Å². The molecule has 0 unspecified atom stereocenters. The van der Waals surface area contributed by atoms with Crippen LogP contribution in [0.15, 0.2) is 42.5 Å². The van der Waals surface area contributed by atoms with Crippen LogP contribution in [0.1, 0.15) is 22.3 Å². The van der Waals surface area contributed by atoms with Gasteiger partial charge in [0.15, 0.2) is 0 Å². The highest BCUT2D eigenvalue weighted by Crippen LogP contribution is 2.11. The van der Waals surface area contributed by atoms with Crippen molar-refractivity contribution in [2.24, 2.45) is 0 Å². The summed E-state index contributed by atoms with van der Waals surface area (Å²) < 4.78 is 5.11. The van der Waals surface area contributed by atoms with Crippen LogP contribution in [-0.2, 0) is 13.0 Å². The largest absolute Gasteiger partial charge is 0.497 e. The molecule has 0 atom stereocenters. The molecule has 0 aliphatic heterocycles. The zero-order chi connectivity index (χ0) is 16.7. The van der Waals surface area contributed by atoms with Crippen LogP contribution in [0.3, 0.4) is 0 Å². The second-order valence-corrected chi connectivity index (χ2v) is 5.64. The molecule has 4 heteroatoms. The fraction of sp³-hybridized carbons (Fsp3) is 0.316. The van der Waals surface area contributed by atoms with E-state index in [1.165, 1.54) is 16.7 Å². The Morgan fingerprint density at radius 1 is 1.04 bits per heavy atom. The van der Waals surface area contributed by atoms with Gasteiger partial charge in [-0.2, -0.15) is 0 Å². The molecule has 23 heavy (non-hydrogen) atoms. The van der Waals surface area contributed by atoms with Gasteiger partial charge in [0.2, 0.25) is 0 Å². The summed E-state index contributed by atoms with van der Waals surface area (Å²) in [5.74, 6) is 0.812. The van der Waals surface area contributed by atoms with Gasteiger partial charge in [-0.1, -0.05) is 35.9 Å². The molecule has 2 aromatic rings. The first-order valence-corrected chi connectivity index (χ1v) is 7.79. The highest BCUT2D eigenvalue weighted by atomic mass is 16.5. The van der Waals surface area contributed by atoms with Gasteiger partial charge in [-0.15, -0.1) is 0 Å². The average molecular weight is 312 g/mol. The SMILES string of the molecule is COc1ccc(CNC(=O)NCCc2ccc(C)cc2C)cc1. The van der Waals surface area contributed by atoms with E-state index in [1.54, 1.807) is 7.11 Å². The van der Waals surface area contributed by atoms with Crippen LogP contribution in [0.25, 0.3) is 0 Å². The van der Waals surface area contributed by atoms with Crippen molar-refractivity contribution < 1.29 is 9.53 Å². The van der Waals surface area contributed by atoms with E-state index in [1.807, 2.05) is 24.3 Å². The summed E-state index contributed by atoms with van der Waals surface area (Å²) >= 11 is 0. The van der Waals surface area contributed by atoms with Crippen molar-refractivity contribution in [2.45, 2.75) is 26.8 Å². The number of methoxy groups -OCH3 is 1. The molecular weight excluding hydrogens is 288 g/mol. The van der Waals surface area contributed by atoms with E-state index in [9.17, 15) is 4.79 Å². The molecule has 0 saturated heterocycles. The van der Waals surface area contributed by atoms with Crippen LogP contribution >= 0.6 is 0 Å². The van der Waals surface area contributed by atoms with Gasteiger partial charge in [0, 0.05) is 13.1 Å². The maximum Gasteiger partial charge on any atom is 0.315 e. The van der Waals surface area contributed by atoms with E-state index in [4.69, 9.17) is 4.74 Å². The Labute approximate surface area is 137 Å². The fourth-order valence-electron chi connectivity index (χ4n) is 2.43. The second kappa shape index (κ2) is 8.22. The van der Waals surface area contributed by atoms with Crippen LogP contribution < -0.4 is 15.4 Å². The number of nitrogens with one attached hydrogen (secondary N) is 2. The first-order valence-electron chi connectivity index (χ1n) is 7.79. The topological polar surface area (TPSA) is 50.4 Å². The first kappa shape index (κ1) is 16.9. The van der Waals surface area contributed by atoms with Gasteiger partial charge in [0.05, 0.1) is 7.11 Å². The molecule has 0 heterocycles. The van der Waals surface area contributed by atoms with Crippen molar-refractivity contribution >= 4 is 6.03 Å². The van der Waals surface area contributed by atoms with E-state index in [0.29, 0.717) is 13.1 Å². The lowest BCUT2D eigenvalue weighted by Crippen LogP contribution is -2.36. The number of hydrogen-bond acceptors (Lipinski definition) is 2. The lowest BCUT2D eigenvalue weighted by atomic mass is 10.0. The van der Waals surface area contributed by atoms with Gasteiger partial charge in [-0.25, -0.2) is 4.79 Å². The number of hydrogen-bond donors (Lipinski definition) is 2. The molecule has 2 N–H and O–H groups in total. The van der Waals surface area contributed by atoms with Gasteiger partial charge in [0.25, 0.3) is 0 Å². The first-order chi connectivity index (χ1) is 11.1. The Balaban J connectivity index is 1.72. The fourth-order valence-corrected chi connectivity index (χ4v) is 2.43. The number of amides is 2. The minimum absolute atomic E-state index is 0.148. The van der Waals surface area contributed by atoms with E-state index < -0.39 is 0 Å². The molecule has 122 valence electrons.